The Balaban J connectivity index is 1.57. The molecule has 2 fully saturated rings. The van der Waals surface area contributed by atoms with Crippen LogP contribution < -0.4 is 4.72 Å². The number of likely N-dealkylation sites (tertiary alicyclic amines) is 1. The number of nitrogens with zero attached hydrogens (tertiary/aromatic N) is 2. The zero-order valence-electron chi connectivity index (χ0n) is 10.2. The Bertz CT molecular complexity index is 487. The summed E-state index contributed by atoms with van der Waals surface area (Å²) in [5.41, 5.74) is 0. The lowest BCUT2D eigenvalue weighted by Crippen LogP contribution is -2.45. The smallest absolute Gasteiger partial charge is 0.243 e. The van der Waals surface area contributed by atoms with Gasteiger partial charge in [0.25, 0.3) is 0 Å². The van der Waals surface area contributed by atoms with Crippen molar-refractivity contribution in [2.24, 2.45) is 0 Å². The number of hydrogen-bond acceptors (Lipinski definition) is 4. The van der Waals surface area contributed by atoms with Crippen LogP contribution in [0.4, 0.5) is 0 Å². The van der Waals surface area contributed by atoms with Crippen LogP contribution >= 0.6 is 0 Å². The average Bonchev–Trinajstić information content (AvgIpc) is 3.04. The molecule has 1 saturated carbocycles. The minimum Gasteiger partial charge on any atom is -0.300 e. The van der Waals surface area contributed by atoms with Gasteiger partial charge in [-0.15, -0.1) is 0 Å². The predicted octanol–water partition coefficient (Wildman–Crippen LogP) is 0.315. The molecule has 3 rings (SSSR count). The third-order valence-electron chi connectivity index (χ3n) is 3.70. The number of hydrogen-bond donors (Lipinski definition) is 2. The van der Waals surface area contributed by atoms with Crippen molar-refractivity contribution < 1.29 is 8.42 Å². The maximum Gasteiger partial charge on any atom is 0.243 e. The number of nitrogens with one attached hydrogen (secondary N) is 2. The first-order chi connectivity index (χ1) is 8.65. The number of sulfonamides is 1. The lowest BCUT2D eigenvalue weighted by Gasteiger charge is -2.32. The van der Waals surface area contributed by atoms with E-state index in [9.17, 15) is 8.42 Å². The van der Waals surface area contributed by atoms with Gasteiger partial charge >= 0.3 is 0 Å². The van der Waals surface area contributed by atoms with Crippen molar-refractivity contribution >= 4 is 10.0 Å². The molecule has 1 aromatic heterocycles. The number of aromatic nitrogens is 2. The van der Waals surface area contributed by atoms with E-state index in [1.54, 1.807) is 0 Å². The highest BCUT2D eigenvalue weighted by Gasteiger charge is 2.33. The van der Waals surface area contributed by atoms with Crippen molar-refractivity contribution in [1.29, 1.82) is 0 Å². The van der Waals surface area contributed by atoms with E-state index in [0.29, 0.717) is 0 Å². The van der Waals surface area contributed by atoms with Crippen molar-refractivity contribution in [3.8, 4) is 0 Å². The van der Waals surface area contributed by atoms with Crippen LogP contribution in [-0.4, -0.2) is 48.7 Å². The van der Waals surface area contributed by atoms with E-state index < -0.39 is 10.0 Å². The van der Waals surface area contributed by atoms with Gasteiger partial charge in [-0.25, -0.2) is 13.1 Å². The Hall–Kier alpha value is -0.920. The normalized spacial score (nSPS) is 23.3. The fourth-order valence-electron chi connectivity index (χ4n) is 2.50. The molecule has 0 radical (unpaired) electrons. The highest BCUT2D eigenvalue weighted by atomic mass is 32.2. The maximum atomic E-state index is 12.0. The zero-order chi connectivity index (χ0) is 12.6. The van der Waals surface area contributed by atoms with Crippen LogP contribution in [0.2, 0.25) is 0 Å². The van der Waals surface area contributed by atoms with Crippen molar-refractivity contribution in [2.45, 2.75) is 42.7 Å². The van der Waals surface area contributed by atoms with Crippen LogP contribution in [-0.2, 0) is 10.0 Å². The fraction of sp³-hybridized carbons (Fsp3) is 0.727. The highest BCUT2D eigenvalue weighted by molar-refractivity contribution is 7.89. The molecule has 2 heterocycles. The summed E-state index contributed by atoms with van der Waals surface area (Å²) in [5.74, 6) is 0. The van der Waals surface area contributed by atoms with Crippen LogP contribution in [0.15, 0.2) is 17.3 Å². The number of rotatable bonds is 4. The van der Waals surface area contributed by atoms with Gasteiger partial charge in [0.1, 0.15) is 4.90 Å². The molecule has 0 spiro atoms. The monoisotopic (exact) mass is 270 g/mol. The van der Waals surface area contributed by atoms with Gasteiger partial charge in [0.15, 0.2) is 0 Å². The molecule has 1 aliphatic heterocycles. The highest BCUT2D eigenvalue weighted by Crippen LogP contribution is 2.29. The third kappa shape index (κ3) is 2.57. The van der Waals surface area contributed by atoms with E-state index in [1.807, 2.05) is 0 Å². The second-order valence-electron chi connectivity index (χ2n) is 5.10. The summed E-state index contributed by atoms with van der Waals surface area (Å²) in [6, 6.07) is 0.830. The van der Waals surface area contributed by atoms with Crippen LogP contribution in [0.3, 0.4) is 0 Å². The summed E-state index contributed by atoms with van der Waals surface area (Å²) in [5, 5.41) is 6.20. The van der Waals surface area contributed by atoms with Gasteiger partial charge in [-0.2, -0.15) is 5.10 Å². The summed E-state index contributed by atoms with van der Waals surface area (Å²) >= 11 is 0. The van der Waals surface area contributed by atoms with Gasteiger partial charge < -0.3 is 4.90 Å². The first kappa shape index (κ1) is 12.1. The van der Waals surface area contributed by atoms with E-state index in [1.165, 1.54) is 25.2 Å². The molecule has 7 heteroatoms. The standard InChI is InChI=1S/C11H18N4O2S/c16-18(17,11-7-12-13-8-11)14-9-3-5-15(6-4-9)10-1-2-10/h7-10,14H,1-6H2,(H,12,13). The molecule has 0 aromatic carbocycles. The quantitative estimate of drug-likeness (QED) is 0.825. The summed E-state index contributed by atoms with van der Waals surface area (Å²) in [6.45, 7) is 2.01. The molecule has 18 heavy (non-hydrogen) atoms. The SMILES string of the molecule is O=S(=O)(NC1CCN(C2CC2)CC1)c1cn[nH]c1. The predicted molar refractivity (Wildman–Crippen MR) is 66.5 cm³/mol. The molecular weight excluding hydrogens is 252 g/mol. The molecule has 2 N–H and O–H groups in total. The molecule has 6 nitrogen and oxygen atoms in total. The summed E-state index contributed by atoms with van der Waals surface area (Å²) in [6.07, 6.45) is 7.15. The first-order valence-corrected chi connectivity index (χ1v) is 7.88. The van der Waals surface area contributed by atoms with E-state index in [-0.39, 0.29) is 10.9 Å². The molecular formula is C11H18N4O2S. The Kier molecular flexibility index (Phi) is 3.13. The van der Waals surface area contributed by atoms with Crippen LogP contribution in [0, 0.1) is 0 Å². The van der Waals surface area contributed by atoms with Gasteiger partial charge in [-0.1, -0.05) is 0 Å². The zero-order valence-corrected chi connectivity index (χ0v) is 11.0. The summed E-state index contributed by atoms with van der Waals surface area (Å²) in [4.78, 5) is 2.69. The van der Waals surface area contributed by atoms with Crippen LogP contribution in [0.1, 0.15) is 25.7 Å². The molecule has 1 aromatic rings. The molecule has 2 aliphatic rings. The Morgan fingerprint density at radius 1 is 1.28 bits per heavy atom. The Morgan fingerprint density at radius 3 is 2.56 bits per heavy atom. The van der Waals surface area contributed by atoms with Crippen molar-refractivity contribution in [3.05, 3.63) is 12.4 Å². The van der Waals surface area contributed by atoms with E-state index in [0.717, 1.165) is 32.0 Å². The molecule has 100 valence electrons. The molecule has 0 amide bonds. The van der Waals surface area contributed by atoms with Crippen LogP contribution in [0.25, 0.3) is 0 Å². The Morgan fingerprint density at radius 2 is 2.00 bits per heavy atom. The molecule has 0 bridgehead atoms. The molecule has 0 atom stereocenters. The molecule has 0 unspecified atom stereocenters. The second kappa shape index (κ2) is 4.64. The van der Waals surface area contributed by atoms with Gasteiger partial charge in [-0.3, -0.25) is 5.10 Å². The van der Waals surface area contributed by atoms with E-state index in [2.05, 4.69) is 19.8 Å². The Labute approximate surface area is 107 Å². The lowest BCUT2D eigenvalue weighted by atomic mass is 10.1. The van der Waals surface area contributed by atoms with Crippen molar-refractivity contribution in [3.63, 3.8) is 0 Å². The maximum absolute atomic E-state index is 12.0. The average molecular weight is 270 g/mol. The minimum absolute atomic E-state index is 0.0555. The van der Waals surface area contributed by atoms with Crippen molar-refractivity contribution in [1.82, 2.24) is 19.8 Å². The van der Waals surface area contributed by atoms with E-state index in [4.69, 9.17) is 0 Å². The minimum atomic E-state index is -3.40. The van der Waals surface area contributed by atoms with Gasteiger partial charge in [-0.05, 0) is 38.8 Å². The van der Waals surface area contributed by atoms with Crippen molar-refractivity contribution in [2.75, 3.05) is 13.1 Å². The van der Waals surface area contributed by atoms with E-state index >= 15 is 0 Å². The largest absolute Gasteiger partial charge is 0.300 e. The third-order valence-corrected chi connectivity index (χ3v) is 5.19. The number of aromatic amines is 1. The van der Waals surface area contributed by atoms with Gasteiger partial charge in [0.2, 0.25) is 10.0 Å². The van der Waals surface area contributed by atoms with Gasteiger partial charge in [0.05, 0.1) is 6.20 Å². The molecule has 1 aliphatic carbocycles. The topological polar surface area (TPSA) is 78.1 Å². The summed E-state index contributed by atoms with van der Waals surface area (Å²) in [7, 11) is -3.40. The molecule has 1 saturated heterocycles. The second-order valence-corrected chi connectivity index (χ2v) is 6.81. The lowest BCUT2D eigenvalue weighted by molar-refractivity contribution is 0.199. The van der Waals surface area contributed by atoms with Gasteiger partial charge in [0, 0.05) is 18.3 Å². The van der Waals surface area contributed by atoms with Crippen LogP contribution in [0.5, 0.6) is 0 Å². The summed E-state index contributed by atoms with van der Waals surface area (Å²) < 4.78 is 26.8. The number of piperidine rings is 1. The number of H-pyrrole nitrogens is 1. The fourth-order valence-corrected chi connectivity index (χ4v) is 3.71. The first-order valence-electron chi connectivity index (χ1n) is 6.40.